The molecule has 0 radical (unpaired) electrons. The first-order chi connectivity index (χ1) is 13.1. The molecular weight excluding hydrogens is 370 g/mol. The number of allylic oxidation sites excluding steroid dienone is 1. The molecule has 2 aromatic carbocycles. The number of halogens is 1. The minimum atomic E-state index is -0.447. The summed E-state index contributed by atoms with van der Waals surface area (Å²) in [7, 11) is 0. The summed E-state index contributed by atoms with van der Waals surface area (Å²) >= 11 is 5.97. The molecule has 0 aliphatic carbocycles. The standard InChI is InChI=1S/C20H16ClNO5/c21-14-3-1-2-13(10-14)11-18-19(23)16-5-4-15(12-17(16)27-18)26-20(24)22-6-8-25-9-7-22/h1-5,10-12H,6-9H2. The first kappa shape index (κ1) is 17.6. The Kier molecular flexibility index (Phi) is 4.83. The van der Waals surface area contributed by atoms with Gasteiger partial charge in [0.15, 0.2) is 5.76 Å². The lowest BCUT2D eigenvalue weighted by molar-refractivity contribution is 0.0416. The van der Waals surface area contributed by atoms with Crippen molar-refractivity contribution in [2.45, 2.75) is 0 Å². The Morgan fingerprint density at radius 3 is 2.74 bits per heavy atom. The third-order valence-corrected chi connectivity index (χ3v) is 4.50. The van der Waals surface area contributed by atoms with Gasteiger partial charge in [0.05, 0.1) is 18.8 Å². The molecule has 0 atom stereocenters. The van der Waals surface area contributed by atoms with Crippen LogP contribution in [0.5, 0.6) is 11.5 Å². The van der Waals surface area contributed by atoms with Gasteiger partial charge in [-0.15, -0.1) is 0 Å². The Morgan fingerprint density at radius 1 is 1.15 bits per heavy atom. The van der Waals surface area contributed by atoms with Crippen LogP contribution in [0.3, 0.4) is 0 Å². The lowest BCUT2D eigenvalue weighted by Gasteiger charge is -2.25. The number of nitrogens with zero attached hydrogens (tertiary/aromatic N) is 1. The van der Waals surface area contributed by atoms with E-state index in [2.05, 4.69) is 0 Å². The first-order valence-electron chi connectivity index (χ1n) is 8.48. The summed E-state index contributed by atoms with van der Waals surface area (Å²) in [5, 5.41) is 0.574. The highest BCUT2D eigenvalue weighted by molar-refractivity contribution is 6.30. The summed E-state index contributed by atoms with van der Waals surface area (Å²) in [6, 6.07) is 11.8. The molecule has 1 saturated heterocycles. The fourth-order valence-corrected chi connectivity index (χ4v) is 3.09. The van der Waals surface area contributed by atoms with Gasteiger partial charge in [-0.3, -0.25) is 4.79 Å². The van der Waals surface area contributed by atoms with Crippen LogP contribution in [-0.2, 0) is 4.74 Å². The Morgan fingerprint density at radius 2 is 1.96 bits per heavy atom. The Labute approximate surface area is 160 Å². The zero-order valence-electron chi connectivity index (χ0n) is 14.3. The summed E-state index contributed by atoms with van der Waals surface area (Å²) in [6.07, 6.45) is 1.19. The molecule has 0 N–H and O–H groups in total. The number of Topliss-reactive ketones (excluding diaryl/α,β-unsaturated/α-hetero) is 1. The van der Waals surface area contributed by atoms with Gasteiger partial charge < -0.3 is 19.1 Å². The highest BCUT2D eigenvalue weighted by Crippen LogP contribution is 2.35. The third kappa shape index (κ3) is 3.82. The van der Waals surface area contributed by atoms with E-state index in [1.54, 1.807) is 47.4 Å². The van der Waals surface area contributed by atoms with Gasteiger partial charge in [0.2, 0.25) is 5.78 Å². The number of ketones is 1. The fourth-order valence-electron chi connectivity index (χ4n) is 2.89. The summed E-state index contributed by atoms with van der Waals surface area (Å²) in [5.74, 6) is 0.655. The summed E-state index contributed by atoms with van der Waals surface area (Å²) in [5.41, 5.74) is 1.19. The van der Waals surface area contributed by atoms with Gasteiger partial charge in [-0.2, -0.15) is 0 Å². The molecule has 0 saturated carbocycles. The number of ether oxygens (including phenoxy) is 3. The van der Waals surface area contributed by atoms with Crippen molar-refractivity contribution >= 4 is 29.6 Å². The second kappa shape index (κ2) is 7.42. The van der Waals surface area contributed by atoms with Crippen LogP contribution in [0.4, 0.5) is 4.79 Å². The fraction of sp³-hybridized carbons (Fsp3) is 0.200. The Hall–Kier alpha value is -2.83. The molecule has 0 bridgehead atoms. The van der Waals surface area contributed by atoms with E-state index in [0.29, 0.717) is 48.4 Å². The maximum atomic E-state index is 12.5. The molecule has 4 rings (SSSR count). The number of hydrogen-bond acceptors (Lipinski definition) is 5. The first-order valence-corrected chi connectivity index (χ1v) is 8.86. The van der Waals surface area contributed by atoms with Crippen LogP contribution in [0.1, 0.15) is 15.9 Å². The monoisotopic (exact) mass is 385 g/mol. The van der Waals surface area contributed by atoms with Crippen LogP contribution in [-0.4, -0.2) is 43.1 Å². The zero-order valence-corrected chi connectivity index (χ0v) is 15.1. The van der Waals surface area contributed by atoms with E-state index in [1.807, 2.05) is 6.07 Å². The molecule has 0 spiro atoms. The summed E-state index contributed by atoms with van der Waals surface area (Å²) in [6.45, 7) is 1.97. The van der Waals surface area contributed by atoms with E-state index >= 15 is 0 Å². The molecule has 2 aromatic rings. The van der Waals surface area contributed by atoms with Crippen molar-refractivity contribution in [3.8, 4) is 11.5 Å². The molecule has 1 fully saturated rings. The average molecular weight is 386 g/mol. The highest BCUT2D eigenvalue weighted by atomic mass is 35.5. The van der Waals surface area contributed by atoms with E-state index < -0.39 is 6.09 Å². The summed E-state index contributed by atoms with van der Waals surface area (Å²) < 4.78 is 16.3. The number of benzene rings is 2. The van der Waals surface area contributed by atoms with Gasteiger partial charge in [-0.05, 0) is 35.9 Å². The molecule has 2 heterocycles. The van der Waals surface area contributed by atoms with Crippen molar-refractivity contribution in [2.75, 3.05) is 26.3 Å². The lowest BCUT2D eigenvalue weighted by atomic mass is 10.1. The molecule has 1 amide bonds. The van der Waals surface area contributed by atoms with Crippen LogP contribution in [0.2, 0.25) is 5.02 Å². The van der Waals surface area contributed by atoms with E-state index in [1.165, 1.54) is 0 Å². The molecule has 138 valence electrons. The lowest BCUT2D eigenvalue weighted by Crippen LogP contribution is -2.42. The predicted molar refractivity (Wildman–Crippen MR) is 99.2 cm³/mol. The second-order valence-electron chi connectivity index (χ2n) is 6.12. The number of morpholine rings is 1. The van der Waals surface area contributed by atoms with Crippen LogP contribution >= 0.6 is 11.6 Å². The SMILES string of the molecule is O=C1C(=Cc2cccc(Cl)c2)Oc2cc(OC(=O)N3CCOCC3)ccc21. The van der Waals surface area contributed by atoms with Crippen molar-refractivity contribution in [1.82, 2.24) is 4.90 Å². The molecule has 27 heavy (non-hydrogen) atoms. The number of carbonyl (C=O) groups excluding carboxylic acids is 2. The minimum Gasteiger partial charge on any atom is -0.452 e. The number of fused-ring (bicyclic) bond motifs is 1. The van der Waals surface area contributed by atoms with Gasteiger partial charge in [-0.25, -0.2) is 4.79 Å². The number of hydrogen-bond donors (Lipinski definition) is 0. The molecular formula is C20H16ClNO5. The highest BCUT2D eigenvalue weighted by Gasteiger charge is 2.28. The molecule has 0 aromatic heterocycles. The smallest absolute Gasteiger partial charge is 0.415 e. The quantitative estimate of drug-likeness (QED) is 0.736. The van der Waals surface area contributed by atoms with Crippen LogP contribution in [0, 0.1) is 0 Å². The Balaban J connectivity index is 1.51. The molecule has 6 nitrogen and oxygen atoms in total. The summed E-state index contributed by atoms with van der Waals surface area (Å²) in [4.78, 5) is 26.3. The second-order valence-corrected chi connectivity index (χ2v) is 6.56. The van der Waals surface area contributed by atoms with Crippen LogP contribution in [0.15, 0.2) is 48.2 Å². The third-order valence-electron chi connectivity index (χ3n) is 4.26. The van der Waals surface area contributed by atoms with Gasteiger partial charge >= 0.3 is 6.09 Å². The zero-order chi connectivity index (χ0) is 18.8. The minimum absolute atomic E-state index is 0.198. The van der Waals surface area contributed by atoms with E-state index in [-0.39, 0.29) is 11.5 Å². The van der Waals surface area contributed by atoms with Crippen molar-refractivity contribution in [1.29, 1.82) is 0 Å². The van der Waals surface area contributed by atoms with Gasteiger partial charge in [0, 0.05) is 24.2 Å². The van der Waals surface area contributed by atoms with Gasteiger partial charge in [0.1, 0.15) is 11.5 Å². The largest absolute Gasteiger partial charge is 0.452 e. The van der Waals surface area contributed by atoms with Crippen LogP contribution in [0.25, 0.3) is 6.08 Å². The topological polar surface area (TPSA) is 65.1 Å². The van der Waals surface area contributed by atoms with Crippen LogP contribution < -0.4 is 9.47 Å². The normalized spacial score (nSPS) is 17.6. The Bertz CT molecular complexity index is 934. The number of carbonyl (C=O) groups is 2. The van der Waals surface area contributed by atoms with E-state index in [4.69, 9.17) is 25.8 Å². The molecule has 2 aliphatic rings. The van der Waals surface area contributed by atoms with Crippen molar-refractivity contribution < 1.29 is 23.8 Å². The number of rotatable bonds is 2. The molecule has 0 unspecified atom stereocenters. The van der Waals surface area contributed by atoms with Crippen molar-refractivity contribution in [2.24, 2.45) is 0 Å². The van der Waals surface area contributed by atoms with Gasteiger partial charge in [0.25, 0.3) is 0 Å². The maximum Gasteiger partial charge on any atom is 0.415 e. The van der Waals surface area contributed by atoms with Gasteiger partial charge in [-0.1, -0.05) is 23.7 Å². The molecule has 7 heteroatoms. The average Bonchev–Trinajstić information content (AvgIpc) is 2.97. The van der Waals surface area contributed by atoms with Crippen molar-refractivity contribution in [3.05, 3.63) is 64.4 Å². The maximum absolute atomic E-state index is 12.5. The van der Waals surface area contributed by atoms with E-state index in [0.717, 1.165) is 5.56 Å². The predicted octanol–water partition coefficient (Wildman–Crippen LogP) is 3.79. The number of amides is 1. The van der Waals surface area contributed by atoms with E-state index in [9.17, 15) is 9.59 Å². The van der Waals surface area contributed by atoms with Crippen molar-refractivity contribution in [3.63, 3.8) is 0 Å². The molecule has 2 aliphatic heterocycles.